The van der Waals surface area contributed by atoms with E-state index in [-0.39, 0.29) is 29.9 Å². The lowest BCUT2D eigenvalue weighted by Gasteiger charge is -2.26. The molecule has 2 aromatic rings. The fourth-order valence-corrected chi connectivity index (χ4v) is 3.40. The van der Waals surface area contributed by atoms with E-state index in [0.29, 0.717) is 5.75 Å². The monoisotopic (exact) mass is 369 g/mol. The zero-order valence-corrected chi connectivity index (χ0v) is 15.5. The second-order valence-electron chi connectivity index (χ2n) is 6.33. The molecule has 0 spiro atoms. The van der Waals surface area contributed by atoms with Gasteiger partial charge < -0.3 is 19.5 Å². The van der Waals surface area contributed by atoms with Crippen molar-refractivity contribution in [1.82, 2.24) is 5.32 Å². The van der Waals surface area contributed by atoms with Crippen molar-refractivity contribution in [2.24, 2.45) is 0 Å². The Bertz CT molecular complexity index is 833. The van der Waals surface area contributed by atoms with Crippen molar-refractivity contribution >= 4 is 11.9 Å². The van der Waals surface area contributed by atoms with Gasteiger partial charge in [0.05, 0.1) is 20.3 Å². The Morgan fingerprint density at radius 3 is 2.67 bits per heavy atom. The van der Waals surface area contributed by atoms with E-state index < -0.39 is 5.97 Å². The molecule has 0 saturated heterocycles. The van der Waals surface area contributed by atoms with Crippen molar-refractivity contribution in [2.45, 2.75) is 25.3 Å². The Kier molecular flexibility index (Phi) is 5.96. The van der Waals surface area contributed by atoms with Crippen LogP contribution in [0.25, 0.3) is 0 Å². The van der Waals surface area contributed by atoms with Gasteiger partial charge in [-0.2, -0.15) is 0 Å². The Labute approximate surface area is 158 Å². The first-order chi connectivity index (χ1) is 13.1. The third-order valence-corrected chi connectivity index (χ3v) is 4.66. The van der Waals surface area contributed by atoms with Gasteiger partial charge in [-0.25, -0.2) is 4.79 Å². The molecule has 1 aliphatic rings. The summed E-state index contributed by atoms with van der Waals surface area (Å²) < 4.78 is 15.6. The van der Waals surface area contributed by atoms with E-state index in [9.17, 15) is 9.59 Å². The van der Waals surface area contributed by atoms with Gasteiger partial charge in [0, 0.05) is 0 Å². The largest absolute Gasteiger partial charge is 0.493 e. The van der Waals surface area contributed by atoms with Crippen molar-refractivity contribution in [3.8, 4) is 11.5 Å². The third-order valence-electron chi connectivity index (χ3n) is 4.66. The van der Waals surface area contributed by atoms with Crippen molar-refractivity contribution in [3.63, 3.8) is 0 Å². The molecule has 6 nitrogen and oxygen atoms in total. The zero-order valence-electron chi connectivity index (χ0n) is 15.5. The Balaban J connectivity index is 1.61. The summed E-state index contributed by atoms with van der Waals surface area (Å²) >= 11 is 0. The number of nitrogens with one attached hydrogen (secondary N) is 1. The van der Waals surface area contributed by atoms with Gasteiger partial charge in [-0.3, -0.25) is 4.79 Å². The highest BCUT2D eigenvalue weighted by atomic mass is 16.5. The number of amides is 1. The van der Waals surface area contributed by atoms with Gasteiger partial charge in [0.15, 0.2) is 18.1 Å². The Morgan fingerprint density at radius 2 is 1.89 bits per heavy atom. The predicted octanol–water partition coefficient (Wildman–Crippen LogP) is 3.05. The lowest BCUT2D eigenvalue weighted by atomic mass is 9.88. The molecule has 0 radical (unpaired) electrons. The number of hydrogen-bond donors (Lipinski definition) is 1. The molecule has 142 valence electrons. The smallest absolute Gasteiger partial charge is 0.342 e. The molecule has 6 heteroatoms. The number of benzene rings is 2. The van der Waals surface area contributed by atoms with Gasteiger partial charge in [-0.1, -0.05) is 30.3 Å². The summed E-state index contributed by atoms with van der Waals surface area (Å²) in [5, 5.41) is 2.96. The molecule has 1 amide bonds. The molecule has 1 atom stereocenters. The molecule has 2 aromatic carbocycles. The van der Waals surface area contributed by atoms with Crippen LogP contribution < -0.4 is 14.8 Å². The minimum Gasteiger partial charge on any atom is -0.493 e. The molecule has 27 heavy (non-hydrogen) atoms. The van der Waals surface area contributed by atoms with Crippen molar-refractivity contribution in [2.75, 3.05) is 20.8 Å². The van der Waals surface area contributed by atoms with Gasteiger partial charge in [0.2, 0.25) is 0 Å². The summed E-state index contributed by atoms with van der Waals surface area (Å²) in [6, 6.07) is 13.0. The molecular formula is C21H23NO5. The molecule has 0 aliphatic heterocycles. The predicted molar refractivity (Wildman–Crippen MR) is 100 cm³/mol. The molecule has 3 rings (SSSR count). The van der Waals surface area contributed by atoms with E-state index in [2.05, 4.69) is 11.4 Å². The summed E-state index contributed by atoms with van der Waals surface area (Å²) in [6.07, 6.45) is 2.91. The minimum atomic E-state index is -0.634. The number of carbonyl (C=O) groups is 2. The van der Waals surface area contributed by atoms with E-state index in [0.717, 1.165) is 24.8 Å². The SMILES string of the molecule is COc1cccc(C(=O)OCC(=O)NC2CCCc3ccccc32)c1OC. The van der Waals surface area contributed by atoms with E-state index in [1.807, 2.05) is 18.2 Å². The van der Waals surface area contributed by atoms with Crippen molar-refractivity contribution in [1.29, 1.82) is 0 Å². The fraction of sp³-hybridized carbons (Fsp3) is 0.333. The number of carbonyl (C=O) groups excluding carboxylic acids is 2. The Hall–Kier alpha value is -3.02. The van der Waals surface area contributed by atoms with Gasteiger partial charge in [0.1, 0.15) is 5.56 Å². The zero-order chi connectivity index (χ0) is 19.2. The van der Waals surface area contributed by atoms with Crippen LogP contribution in [-0.4, -0.2) is 32.7 Å². The molecule has 0 bridgehead atoms. The molecular weight excluding hydrogens is 346 g/mol. The van der Waals surface area contributed by atoms with Crippen LogP contribution in [0.1, 0.15) is 40.4 Å². The lowest BCUT2D eigenvalue weighted by Crippen LogP contribution is -2.34. The van der Waals surface area contributed by atoms with Crippen LogP contribution in [0.2, 0.25) is 0 Å². The summed E-state index contributed by atoms with van der Waals surface area (Å²) in [5.41, 5.74) is 2.61. The number of ether oxygens (including phenoxy) is 3. The van der Waals surface area contributed by atoms with Crippen LogP contribution in [0.5, 0.6) is 11.5 Å². The third kappa shape index (κ3) is 4.22. The average Bonchev–Trinajstić information content (AvgIpc) is 2.71. The quantitative estimate of drug-likeness (QED) is 0.792. The van der Waals surface area contributed by atoms with E-state index >= 15 is 0 Å². The lowest BCUT2D eigenvalue weighted by molar-refractivity contribution is -0.125. The normalized spacial score (nSPS) is 15.4. The minimum absolute atomic E-state index is 0.0486. The van der Waals surface area contributed by atoms with Crippen molar-refractivity contribution < 1.29 is 23.8 Å². The van der Waals surface area contributed by atoms with Crippen LogP contribution in [0, 0.1) is 0 Å². The van der Waals surface area contributed by atoms with Gasteiger partial charge >= 0.3 is 5.97 Å². The summed E-state index contributed by atoms with van der Waals surface area (Å²) in [4.78, 5) is 24.6. The topological polar surface area (TPSA) is 73.9 Å². The average molecular weight is 369 g/mol. The fourth-order valence-electron chi connectivity index (χ4n) is 3.40. The maximum Gasteiger partial charge on any atom is 0.342 e. The first-order valence-electron chi connectivity index (χ1n) is 8.89. The van der Waals surface area contributed by atoms with Gasteiger partial charge in [-0.05, 0) is 42.5 Å². The summed E-state index contributed by atoms with van der Waals surface area (Å²) in [5.74, 6) is -0.251. The number of methoxy groups -OCH3 is 2. The second-order valence-corrected chi connectivity index (χ2v) is 6.33. The van der Waals surface area contributed by atoms with E-state index in [1.165, 1.54) is 19.8 Å². The summed E-state index contributed by atoms with van der Waals surface area (Å²) in [7, 11) is 2.93. The number of aryl methyl sites for hydroxylation is 1. The number of hydrogen-bond acceptors (Lipinski definition) is 5. The van der Waals surface area contributed by atoms with Gasteiger partial charge in [0.25, 0.3) is 5.91 Å². The van der Waals surface area contributed by atoms with Crippen LogP contribution in [0.15, 0.2) is 42.5 Å². The maximum atomic E-state index is 12.3. The summed E-state index contributed by atoms with van der Waals surface area (Å²) in [6.45, 7) is -0.349. The number of esters is 1. The highest BCUT2D eigenvalue weighted by Crippen LogP contribution is 2.31. The van der Waals surface area contributed by atoms with Gasteiger partial charge in [-0.15, -0.1) is 0 Å². The molecule has 1 aliphatic carbocycles. The molecule has 0 heterocycles. The highest BCUT2D eigenvalue weighted by Gasteiger charge is 2.23. The molecule has 0 fully saturated rings. The Morgan fingerprint density at radius 1 is 1.07 bits per heavy atom. The standard InChI is InChI=1S/C21H23NO5/c1-25-18-12-6-10-16(20(18)26-2)21(24)27-13-19(23)22-17-11-5-8-14-7-3-4-9-15(14)17/h3-4,6-7,9-10,12,17H,5,8,11,13H2,1-2H3,(H,22,23). The van der Waals surface area contributed by atoms with E-state index in [4.69, 9.17) is 14.2 Å². The molecule has 0 saturated carbocycles. The second kappa shape index (κ2) is 8.58. The molecule has 1 N–H and O–H groups in total. The van der Waals surface area contributed by atoms with Crippen LogP contribution in [-0.2, 0) is 16.0 Å². The highest BCUT2D eigenvalue weighted by molar-refractivity contribution is 5.95. The van der Waals surface area contributed by atoms with Crippen LogP contribution in [0.3, 0.4) is 0 Å². The van der Waals surface area contributed by atoms with Crippen molar-refractivity contribution in [3.05, 3.63) is 59.2 Å². The maximum absolute atomic E-state index is 12.3. The van der Waals surface area contributed by atoms with Crippen LogP contribution in [0.4, 0.5) is 0 Å². The first kappa shape index (κ1) is 18.8. The number of para-hydroxylation sites is 1. The van der Waals surface area contributed by atoms with E-state index in [1.54, 1.807) is 18.2 Å². The van der Waals surface area contributed by atoms with Crippen LogP contribution >= 0.6 is 0 Å². The number of fused-ring (bicyclic) bond motifs is 1. The number of rotatable bonds is 6. The molecule has 0 aromatic heterocycles. The molecule has 1 unspecified atom stereocenters. The first-order valence-corrected chi connectivity index (χ1v) is 8.89.